The van der Waals surface area contributed by atoms with E-state index < -0.39 is 0 Å². The van der Waals surface area contributed by atoms with Gasteiger partial charge in [0.15, 0.2) is 11.5 Å². The van der Waals surface area contributed by atoms with Crippen LogP contribution in [0.25, 0.3) is 11.1 Å². The molecule has 5 nitrogen and oxygen atoms in total. The number of aromatic nitrogens is 2. The molecule has 5 heteroatoms. The first-order valence-corrected chi connectivity index (χ1v) is 8.73. The summed E-state index contributed by atoms with van der Waals surface area (Å²) >= 11 is 0. The van der Waals surface area contributed by atoms with Crippen molar-refractivity contribution in [3.8, 4) is 22.6 Å². The SMILES string of the molecule is Cc1cccc(CN2CCOc3c(O)cc(-c4cccnc4)cc3C2)n1. The van der Waals surface area contributed by atoms with E-state index in [1.807, 2.05) is 37.3 Å². The number of aryl methyl sites for hydroxylation is 1. The van der Waals surface area contributed by atoms with Crippen molar-refractivity contribution in [1.82, 2.24) is 14.9 Å². The number of phenolic OH excluding ortho intramolecular Hbond substituents is 1. The zero-order valence-corrected chi connectivity index (χ0v) is 14.7. The van der Waals surface area contributed by atoms with Crippen molar-refractivity contribution in [1.29, 1.82) is 0 Å². The van der Waals surface area contributed by atoms with Gasteiger partial charge in [-0.2, -0.15) is 0 Å². The van der Waals surface area contributed by atoms with Crippen LogP contribution in [0.1, 0.15) is 17.0 Å². The first-order chi connectivity index (χ1) is 12.7. The fourth-order valence-electron chi connectivity index (χ4n) is 3.30. The first kappa shape index (κ1) is 16.5. The number of rotatable bonds is 3. The predicted octanol–water partition coefficient (Wildman–Crippen LogP) is 3.55. The zero-order valence-electron chi connectivity index (χ0n) is 14.7. The molecule has 132 valence electrons. The molecule has 0 fully saturated rings. The number of aromatic hydroxyl groups is 1. The maximum absolute atomic E-state index is 10.5. The minimum atomic E-state index is 0.178. The third-order valence-corrected chi connectivity index (χ3v) is 4.52. The summed E-state index contributed by atoms with van der Waals surface area (Å²) in [5.74, 6) is 0.759. The van der Waals surface area contributed by atoms with Gasteiger partial charge in [-0.1, -0.05) is 12.1 Å². The molecule has 0 saturated heterocycles. The Morgan fingerprint density at radius 3 is 2.88 bits per heavy atom. The standard InChI is InChI=1S/C21H21N3O2/c1-15-4-2-6-19(23-15)14-24-8-9-26-21-18(13-24)10-17(11-20(21)25)16-5-3-7-22-12-16/h2-7,10-12,25H,8-9,13-14H2,1H3. The second kappa shape index (κ2) is 7.14. The van der Waals surface area contributed by atoms with Gasteiger partial charge in [-0.05, 0) is 42.8 Å². The van der Waals surface area contributed by atoms with Gasteiger partial charge in [0, 0.05) is 48.8 Å². The average Bonchev–Trinajstić information content (AvgIpc) is 2.84. The molecule has 0 radical (unpaired) electrons. The summed E-state index contributed by atoms with van der Waals surface area (Å²) in [6.07, 6.45) is 3.54. The summed E-state index contributed by atoms with van der Waals surface area (Å²) in [4.78, 5) is 11.1. The molecule has 4 rings (SSSR count). The topological polar surface area (TPSA) is 58.5 Å². The lowest BCUT2D eigenvalue weighted by molar-refractivity contribution is 0.215. The quantitative estimate of drug-likeness (QED) is 0.785. The molecule has 0 saturated carbocycles. The summed E-state index contributed by atoms with van der Waals surface area (Å²) in [5, 5.41) is 10.5. The van der Waals surface area contributed by atoms with Crippen LogP contribution in [0.2, 0.25) is 0 Å². The molecular weight excluding hydrogens is 326 g/mol. The Hall–Kier alpha value is -2.92. The molecule has 3 aromatic rings. The minimum Gasteiger partial charge on any atom is -0.504 e. The van der Waals surface area contributed by atoms with Gasteiger partial charge in [-0.3, -0.25) is 14.9 Å². The smallest absolute Gasteiger partial charge is 0.165 e. The van der Waals surface area contributed by atoms with E-state index in [9.17, 15) is 5.11 Å². The van der Waals surface area contributed by atoms with E-state index in [2.05, 4.69) is 20.9 Å². The number of fused-ring (bicyclic) bond motifs is 1. The third kappa shape index (κ3) is 3.53. The van der Waals surface area contributed by atoms with Crippen LogP contribution in [-0.4, -0.2) is 33.1 Å². The molecule has 1 aromatic carbocycles. The molecule has 0 aliphatic carbocycles. The number of ether oxygens (including phenoxy) is 1. The van der Waals surface area contributed by atoms with E-state index in [4.69, 9.17) is 4.74 Å². The summed E-state index contributed by atoms with van der Waals surface area (Å²) in [6.45, 7) is 4.78. The number of benzene rings is 1. The number of hydrogen-bond acceptors (Lipinski definition) is 5. The van der Waals surface area contributed by atoms with Crippen LogP contribution in [0, 0.1) is 6.92 Å². The van der Waals surface area contributed by atoms with Crippen LogP contribution in [0.3, 0.4) is 0 Å². The summed E-state index contributed by atoms with van der Waals surface area (Å²) in [5.41, 5.74) is 4.95. The van der Waals surface area contributed by atoms with Gasteiger partial charge in [0.25, 0.3) is 0 Å². The van der Waals surface area contributed by atoms with Crippen molar-refractivity contribution < 1.29 is 9.84 Å². The number of phenols is 1. The highest BCUT2D eigenvalue weighted by Gasteiger charge is 2.20. The molecule has 0 spiro atoms. The molecule has 3 heterocycles. The second-order valence-electron chi connectivity index (χ2n) is 6.55. The molecule has 26 heavy (non-hydrogen) atoms. The Morgan fingerprint density at radius 1 is 1.15 bits per heavy atom. The Morgan fingerprint density at radius 2 is 2.08 bits per heavy atom. The minimum absolute atomic E-state index is 0.178. The Bertz CT molecular complexity index is 912. The molecule has 1 aliphatic heterocycles. The van der Waals surface area contributed by atoms with Crippen molar-refractivity contribution in [3.05, 3.63) is 71.8 Å². The molecule has 1 aliphatic rings. The van der Waals surface area contributed by atoms with Gasteiger partial charge in [0.05, 0.1) is 5.69 Å². The molecule has 2 aromatic heterocycles. The second-order valence-corrected chi connectivity index (χ2v) is 6.55. The van der Waals surface area contributed by atoms with Gasteiger partial charge >= 0.3 is 0 Å². The molecule has 0 amide bonds. The third-order valence-electron chi connectivity index (χ3n) is 4.52. The van der Waals surface area contributed by atoms with Gasteiger partial charge in [0.1, 0.15) is 6.61 Å². The Labute approximate surface area is 152 Å². The van der Waals surface area contributed by atoms with Crippen molar-refractivity contribution >= 4 is 0 Å². The highest BCUT2D eigenvalue weighted by molar-refractivity contribution is 5.68. The van der Waals surface area contributed by atoms with Crippen molar-refractivity contribution in [2.75, 3.05) is 13.2 Å². The Kier molecular flexibility index (Phi) is 4.54. The monoisotopic (exact) mass is 347 g/mol. The highest BCUT2D eigenvalue weighted by atomic mass is 16.5. The fourth-order valence-corrected chi connectivity index (χ4v) is 3.30. The number of hydrogen-bond donors (Lipinski definition) is 1. The number of pyridine rings is 2. The van der Waals surface area contributed by atoms with E-state index in [1.54, 1.807) is 18.5 Å². The van der Waals surface area contributed by atoms with Gasteiger partial charge in [0.2, 0.25) is 0 Å². The Balaban J connectivity index is 1.63. The van der Waals surface area contributed by atoms with Crippen molar-refractivity contribution in [2.45, 2.75) is 20.0 Å². The maximum atomic E-state index is 10.5. The van der Waals surface area contributed by atoms with E-state index >= 15 is 0 Å². The van der Waals surface area contributed by atoms with Crippen LogP contribution in [-0.2, 0) is 13.1 Å². The molecule has 0 bridgehead atoms. The fraction of sp³-hybridized carbons (Fsp3) is 0.238. The van der Waals surface area contributed by atoms with Crippen molar-refractivity contribution in [3.63, 3.8) is 0 Å². The van der Waals surface area contributed by atoms with Gasteiger partial charge < -0.3 is 9.84 Å². The van der Waals surface area contributed by atoms with Crippen LogP contribution in [0.15, 0.2) is 54.9 Å². The zero-order chi connectivity index (χ0) is 17.9. The molecule has 0 unspecified atom stereocenters. The number of nitrogens with zero attached hydrogens (tertiary/aromatic N) is 3. The largest absolute Gasteiger partial charge is 0.504 e. The summed E-state index contributed by atoms with van der Waals surface area (Å²) < 4.78 is 5.83. The van der Waals surface area contributed by atoms with Crippen LogP contribution >= 0.6 is 0 Å². The summed E-state index contributed by atoms with van der Waals surface area (Å²) in [7, 11) is 0. The van der Waals surface area contributed by atoms with E-state index in [1.165, 1.54) is 0 Å². The van der Waals surface area contributed by atoms with E-state index in [0.29, 0.717) is 18.9 Å². The maximum Gasteiger partial charge on any atom is 0.165 e. The molecule has 1 N–H and O–H groups in total. The normalized spacial score (nSPS) is 14.3. The lowest BCUT2D eigenvalue weighted by atomic mass is 10.0. The van der Waals surface area contributed by atoms with E-state index in [0.717, 1.165) is 41.2 Å². The lowest BCUT2D eigenvalue weighted by Crippen LogP contribution is -2.25. The average molecular weight is 347 g/mol. The highest BCUT2D eigenvalue weighted by Crippen LogP contribution is 2.37. The van der Waals surface area contributed by atoms with Crippen LogP contribution < -0.4 is 4.74 Å². The molecular formula is C21H21N3O2. The predicted molar refractivity (Wildman–Crippen MR) is 99.9 cm³/mol. The van der Waals surface area contributed by atoms with Crippen LogP contribution in [0.4, 0.5) is 0 Å². The van der Waals surface area contributed by atoms with Gasteiger partial charge in [-0.15, -0.1) is 0 Å². The lowest BCUT2D eigenvalue weighted by Gasteiger charge is -2.19. The van der Waals surface area contributed by atoms with Crippen LogP contribution in [0.5, 0.6) is 11.5 Å². The summed E-state index contributed by atoms with van der Waals surface area (Å²) in [6, 6.07) is 13.8. The molecule has 0 atom stereocenters. The van der Waals surface area contributed by atoms with Crippen molar-refractivity contribution in [2.24, 2.45) is 0 Å². The first-order valence-electron chi connectivity index (χ1n) is 8.73. The van der Waals surface area contributed by atoms with Gasteiger partial charge in [-0.25, -0.2) is 0 Å². The van der Waals surface area contributed by atoms with E-state index in [-0.39, 0.29) is 5.75 Å².